The van der Waals surface area contributed by atoms with E-state index >= 15 is 0 Å². The van der Waals surface area contributed by atoms with Crippen LogP contribution in [-0.4, -0.2) is 72.7 Å². The molecule has 1 aliphatic heterocycles. The molecule has 0 unspecified atom stereocenters. The lowest BCUT2D eigenvalue weighted by Crippen LogP contribution is -2.44. The summed E-state index contributed by atoms with van der Waals surface area (Å²) in [7, 11) is 3.39. The molecule has 2 amide bonds. The van der Waals surface area contributed by atoms with Gasteiger partial charge in [0.2, 0.25) is 0 Å². The van der Waals surface area contributed by atoms with E-state index in [9.17, 15) is 9.59 Å². The number of amides is 2. The van der Waals surface area contributed by atoms with Gasteiger partial charge in [-0.3, -0.25) is 14.6 Å². The molecule has 0 spiro atoms. The van der Waals surface area contributed by atoms with Crippen LogP contribution in [0.4, 0.5) is 5.69 Å². The number of rotatable bonds is 3. The molecule has 9 nitrogen and oxygen atoms in total. The van der Waals surface area contributed by atoms with E-state index in [0.717, 1.165) is 6.54 Å². The highest BCUT2D eigenvalue weighted by molar-refractivity contribution is 6.04. The fraction of sp³-hybridized carbons (Fsp3) is 0.455. The summed E-state index contributed by atoms with van der Waals surface area (Å²) in [6.45, 7) is 5.71. The van der Waals surface area contributed by atoms with E-state index in [2.05, 4.69) is 27.5 Å². The third-order valence-corrected chi connectivity index (χ3v) is 5.28. The van der Waals surface area contributed by atoms with Crippen LogP contribution >= 0.6 is 0 Å². The Morgan fingerprint density at radius 2 is 2.13 bits per heavy atom. The average Bonchev–Trinajstić information content (AvgIpc) is 2.79. The maximum atomic E-state index is 13.2. The lowest BCUT2D eigenvalue weighted by Gasteiger charge is -2.30. The van der Waals surface area contributed by atoms with Crippen LogP contribution in [0, 0.1) is 5.92 Å². The second-order valence-electron chi connectivity index (χ2n) is 7.81. The highest BCUT2D eigenvalue weighted by atomic mass is 16.5. The number of anilines is 1. The molecule has 1 aromatic carbocycles. The molecule has 9 heteroatoms. The fourth-order valence-corrected chi connectivity index (χ4v) is 3.35. The number of benzene rings is 1. The molecule has 2 aromatic rings. The average molecular weight is 428 g/mol. The molecule has 2 N–H and O–H groups in total. The van der Waals surface area contributed by atoms with Crippen LogP contribution in [0.15, 0.2) is 36.8 Å². The van der Waals surface area contributed by atoms with Crippen LogP contribution < -0.4 is 15.4 Å². The van der Waals surface area contributed by atoms with Gasteiger partial charge in [0.1, 0.15) is 18.1 Å². The van der Waals surface area contributed by atoms with Gasteiger partial charge in [0.25, 0.3) is 11.8 Å². The number of nitrogens with zero attached hydrogens (tertiary/aromatic N) is 3. The molecule has 0 saturated carbocycles. The molecule has 166 valence electrons. The number of methoxy groups -OCH3 is 1. The van der Waals surface area contributed by atoms with Gasteiger partial charge < -0.3 is 25.0 Å². The van der Waals surface area contributed by atoms with E-state index in [-0.39, 0.29) is 29.7 Å². The zero-order chi connectivity index (χ0) is 22.4. The first-order valence-corrected chi connectivity index (χ1v) is 10.2. The van der Waals surface area contributed by atoms with Crippen LogP contribution in [0.1, 0.15) is 34.7 Å². The Morgan fingerprint density at radius 1 is 1.32 bits per heavy atom. The molecule has 1 aliphatic rings. The smallest absolute Gasteiger partial charge is 0.275 e. The van der Waals surface area contributed by atoms with E-state index in [1.807, 2.05) is 6.92 Å². The molecule has 0 aliphatic carbocycles. The van der Waals surface area contributed by atoms with Gasteiger partial charge in [0, 0.05) is 51.4 Å². The van der Waals surface area contributed by atoms with Crippen molar-refractivity contribution >= 4 is 17.5 Å². The first-order valence-electron chi connectivity index (χ1n) is 10.2. The Kier molecular flexibility index (Phi) is 7.54. The Bertz CT molecular complexity index is 908. The van der Waals surface area contributed by atoms with Crippen molar-refractivity contribution in [3.63, 3.8) is 0 Å². The van der Waals surface area contributed by atoms with Gasteiger partial charge in [-0.25, -0.2) is 4.98 Å². The second-order valence-corrected chi connectivity index (χ2v) is 7.81. The molecule has 3 atom stereocenters. The summed E-state index contributed by atoms with van der Waals surface area (Å²) in [5.74, 6) is 0.0554. The van der Waals surface area contributed by atoms with Crippen LogP contribution in [-0.2, 0) is 4.74 Å². The predicted octanol–water partition coefficient (Wildman–Crippen LogP) is 1.82. The molecule has 0 fully saturated rings. The number of likely N-dealkylation sites (N-methyl/N-ethyl adjacent to an activating group) is 1. The number of hydrogen-bond acceptors (Lipinski definition) is 7. The van der Waals surface area contributed by atoms with E-state index in [1.54, 1.807) is 37.3 Å². The normalized spacial score (nSPS) is 22.5. The van der Waals surface area contributed by atoms with Crippen LogP contribution in [0.25, 0.3) is 0 Å². The Balaban J connectivity index is 1.88. The van der Waals surface area contributed by atoms with Crippen molar-refractivity contribution < 1.29 is 19.1 Å². The largest absolute Gasteiger partial charge is 0.491 e. The molecule has 31 heavy (non-hydrogen) atoms. The van der Waals surface area contributed by atoms with Crippen LogP contribution in [0.5, 0.6) is 5.75 Å². The van der Waals surface area contributed by atoms with Crippen molar-refractivity contribution in [2.45, 2.75) is 26.0 Å². The molecule has 0 saturated heterocycles. The minimum atomic E-state index is -0.408. The lowest BCUT2D eigenvalue weighted by molar-refractivity contribution is 0.0281. The quantitative estimate of drug-likeness (QED) is 0.770. The fourth-order valence-electron chi connectivity index (χ4n) is 3.35. The minimum Gasteiger partial charge on any atom is -0.491 e. The van der Waals surface area contributed by atoms with E-state index in [1.165, 1.54) is 18.6 Å². The molecular formula is C22H29N5O4. The summed E-state index contributed by atoms with van der Waals surface area (Å²) in [6, 6.07) is 5.11. The zero-order valence-corrected chi connectivity index (χ0v) is 18.3. The van der Waals surface area contributed by atoms with Gasteiger partial charge in [-0.05, 0) is 31.0 Å². The Hall–Kier alpha value is -3.04. The summed E-state index contributed by atoms with van der Waals surface area (Å²) in [5.41, 5.74) is 1.02. The van der Waals surface area contributed by atoms with Crippen LogP contribution in [0.2, 0.25) is 0 Å². The summed E-state index contributed by atoms with van der Waals surface area (Å²) < 4.78 is 11.6. The number of carbonyl (C=O) groups excluding carboxylic acids is 2. The SMILES string of the molecule is CO[C@H]1CN(C)C(=O)c2cc(NC(=O)c3cnccn3)ccc2OC[C@@H](C)NC[C@H]1C. The molecule has 1 aromatic heterocycles. The highest BCUT2D eigenvalue weighted by Gasteiger charge is 2.25. The maximum Gasteiger partial charge on any atom is 0.275 e. The van der Waals surface area contributed by atoms with Gasteiger partial charge in [0.15, 0.2) is 0 Å². The minimum absolute atomic E-state index is 0.0936. The van der Waals surface area contributed by atoms with Crippen molar-refractivity contribution in [2.24, 2.45) is 5.92 Å². The van der Waals surface area contributed by atoms with Crippen molar-refractivity contribution in [1.82, 2.24) is 20.2 Å². The summed E-state index contributed by atoms with van der Waals surface area (Å²) >= 11 is 0. The molecule has 3 rings (SSSR count). The highest BCUT2D eigenvalue weighted by Crippen LogP contribution is 2.26. The van der Waals surface area contributed by atoms with Gasteiger partial charge in [-0.2, -0.15) is 0 Å². The number of ether oxygens (including phenoxy) is 2. The standard InChI is InChI=1S/C22H29N5O4/c1-14-10-25-15(2)13-31-19-6-5-16(26-21(28)18-11-23-7-8-24-18)9-17(19)22(29)27(3)12-20(14)30-4/h5-9,11,14-15,20,25H,10,12-13H2,1-4H3,(H,26,28)/t14-,15-,20+/m1/s1. The number of nitrogens with one attached hydrogen (secondary N) is 2. The third-order valence-electron chi connectivity index (χ3n) is 5.28. The summed E-state index contributed by atoms with van der Waals surface area (Å²) in [6.07, 6.45) is 4.21. The maximum absolute atomic E-state index is 13.2. The number of fused-ring (bicyclic) bond motifs is 1. The number of carbonyl (C=O) groups is 2. The third kappa shape index (κ3) is 5.77. The molecule has 0 radical (unpaired) electrons. The molecule has 2 heterocycles. The second kappa shape index (κ2) is 10.3. The van der Waals surface area contributed by atoms with Crippen molar-refractivity contribution in [3.8, 4) is 5.75 Å². The molecular weight excluding hydrogens is 398 g/mol. The van der Waals surface area contributed by atoms with E-state index in [0.29, 0.717) is 30.2 Å². The summed E-state index contributed by atoms with van der Waals surface area (Å²) in [5, 5.41) is 6.21. The van der Waals surface area contributed by atoms with E-state index in [4.69, 9.17) is 9.47 Å². The van der Waals surface area contributed by atoms with Crippen molar-refractivity contribution in [3.05, 3.63) is 48.0 Å². The van der Waals surface area contributed by atoms with Crippen molar-refractivity contribution in [2.75, 3.05) is 39.2 Å². The predicted molar refractivity (Wildman–Crippen MR) is 116 cm³/mol. The Labute approximate surface area is 182 Å². The number of hydrogen-bond donors (Lipinski definition) is 2. The van der Waals surface area contributed by atoms with Crippen LogP contribution in [0.3, 0.4) is 0 Å². The van der Waals surface area contributed by atoms with Gasteiger partial charge in [-0.1, -0.05) is 6.92 Å². The van der Waals surface area contributed by atoms with Gasteiger partial charge >= 0.3 is 0 Å². The van der Waals surface area contributed by atoms with Gasteiger partial charge in [-0.15, -0.1) is 0 Å². The van der Waals surface area contributed by atoms with Crippen molar-refractivity contribution in [1.29, 1.82) is 0 Å². The zero-order valence-electron chi connectivity index (χ0n) is 18.3. The summed E-state index contributed by atoms with van der Waals surface area (Å²) in [4.78, 5) is 35.2. The lowest BCUT2D eigenvalue weighted by atomic mass is 10.0. The molecule has 0 bridgehead atoms. The monoisotopic (exact) mass is 427 g/mol. The number of aromatic nitrogens is 2. The topological polar surface area (TPSA) is 106 Å². The first-order chi connectivity index (χ1) is 14.9. The van der Waals surface area contributed by atoms with Gasteiger partial charge in [0.05, 0.1) is 17.9 Å². The van der Waals surface area contributed by atoms with E-state index < -0.39 is 5.91 Å². The Morgan fingerprint density at radius 3 is 2.84 bits per heavy atom. The first kappa shape index (κ1) is 22.6.